The van der Waals surface area contributed by atoms with Crippen LogP contribution in [0.4, 0.5) is 0 Å². The highest BCUT2D eigenvalue weighted by Gasteiger charge is 2.28. The lowest BCUT2D eigenvalue weighted by Crippen LogP contribution is -2.44. The normalized spacial score (nSPS) is 23.0. The Bertz CT molecular complexity index is 728. The average Bonchev–Trinajstić information content (AvgIpc) is 2.98. The number of carbonyl (C=O) groups excluding carboxylic acids is 1. The Morgan fingerprint density at radius 3 is 2.81 bits per heavy atom. The third kappa shape index (κ3) is 4.91. The molecule has 1 aliphatic rings. The van der Waals surface area contributed by atoms with Gasteiger partial charge >= 0.3 is 0 Å². The molecular formula is C21H29N3OS. The van der Waals surface area contributed by atoms with E-state index in [0.29, 0.717) is 23.6 Å². The molecule has 0 radical (unpaired) electrons. The maximum atomic E-state index is 12.3. The number of nitrogens with zero attached hydrogens (tertiary/aromatic N) is 1. The fourth-order valence-corrected chi connectivity index (χ4v) is 4.42. The van der Waals surface area contributed by atoms with E-state index < -0.39 is 0 Å². The highest BCUT2D eigenvalue weighted by molar-refractivity contribution is 7.99. The minimum atomic E-state index is 0.111. The van der Waals surface area contributed by atoms with Gasteiger partial charge in [0.1, 0.15) is 0 Å². The zero-order valence-electron chi connectivity index (χ0n) is 15.9. The van der Waals surface area contributed by atoms with Gasteiger partial charge in [-0.25, -0.2) is 4.98 Å². The largest absolute Gasteiger partial charge is 0.352 e. The van der Waals surface area contributed by atoms with Gasteiger partial charge in [0, 0.05) is 18.2 Å². The molecule has 2 N–H and O–H groups in total. The zero-order chi connectivity index (χ0) is 18.5. The van der Waals surface area contributed by atoms with Crippen molar-refractivity contribution in [3.05, 3.63) is 47.3 Å². The van der Waals surface area contributed by atoms with Crippen molar-refractivity contribution < 1.29 is 4.79 Å². The molecule has 1 heterocycles. The Labute approximate surface area is 160 Å². The first-order chi connectivity index (χ1) is 12.5. The summed E-state index contributed by atoms with van der Waals surface area (Å²) in [7, 11) is 0. The number of rotatable bonds is 6. The number of amides is 1. The average molecular weight is 372 g/mol. The van der Waals surface area contributed by atoms with Crippen molar-refractivity contribution in [1.82, 2.24) is 15.3 Å². The van der Waals surface area contributed by atoms with Crippen LogP contribution in [0, 0.1) is 18.8 Å². The van der Waals surface area contributed by atoms with Crippen LogP contribution in [0.25, 0.3) is 0 Å². The molecule has 0 aliphatic heterocycles. The Kier molecular flexibility index (Phi) is 6.41. The van der Waals surface area contributed by atoms with E-state index in [4.69, 9.17) is 0 Å². The Hall–Kier alpha value is -1.75. The smallest absolute Gasteiger partial charge is 0.230 e. The molecular weight excluding hydrogens is 342 g/mol. The summed E-state index contributed by atoms with van der Waals surface area (Å²) >= 11 is 1.49. The highest BCUT2D eigenvalue weighted by atomic mass is 32.2. The Morgan fingerprint density at radius 1 is 1.27 bits per heavy atom. The van der Waals surface area contributed by atoms with Gasteiger partial charge in [-0.2, -0.15) is 0 Å². The first-order valence-corrected chi connectivity index (χ1v) is 10.5. The van der Waals surface area contributed by atoms with E-state index in [-0.39, 0.29) is 5.91 Å². The lowest BCUT2D eigenvalue weighted by atomic mass is 9.78. The molecule has 4 nitrogen and oxygen atoms in total. The van der Waals surface area contributed by atoms with E-state index in [9.17, 15) is 4.79 Å². The summed E-state index contributed by atoms with van der Waals surface area (Å²) in [6.07, 6.45) is 4.40. The molecule has 140 valence electrons. The van der Waals surface area contributed by atoms with Crippen LogP contribution in [0.2, 0.25) is 0 Å². The third-order valence-electron chi connectivity index (χ3n) is 5.57. The van der Waals surface area contributed by atoms with Gasteiger partial charge in [-0.05, 0) is 30.7 Å². The number of nitrogens with one attached hydrogen (secondary N) is 2. The van der Waals surface area contributed by atoms with Gasteiger partial charge in [0.05, 0.1) is 11.4 Å². The molecule has 1 aromatic heterocycles. The second-order valence-corrected chi connectivity index (χ2v) is 8.47. The fourth-order valence-electron chi connectivity index (χ4n) is 3.66. The predicted octanol–water partition coefficient (Wildman–Crippen LogP) is 4.34. The van der Waals surface area contributed by atoms with Gasteiger partial charge in [-0.1, -0.05) is 68.8 Å². The summed E-state index contributed by atoms with van der Waals surface area (Å²) in [5.74, 6) is 1.77. The van der Waals surface area contributed by atoms with Crippen LogP contribution in [0.15, 0.2) is 35.5 Å². The molecule has 1 fully saturated rings. The first kappa shape index (κ1) is 19.0. The maximum absolute atomic E-state index is 12.3. The number of hydrogen-bond acceptors (Lipinski definition) is 3. The summed E-state index contributed by atoms with van der Waals surface area (Å²) in [6.45, 7) is 6.59. The minimum absolute atomic E-state index is 0.111. The van der Waals surface area contributed by atoms with Gasteiger partial charge in [0.25, 0.3) is 0 Å². The SMILES string of the molecule is Cc1[nH]c(SCC(=O)NC2CCCC(C)C2C)nc1Cc1ccccc1. The van der Waals surface area contributed by atoms with E-state index in [0.717, 1.165) is 29.4 Å². The Balaban J connectivity index is 1.51. The molecule has 1 aromatic carbocycles. The second kappa shape index (κ2) is 8.76. The van der Waals surface area contributed by atoms with E-state index >= 15 is 0 Å². The molecule has 3 atom stereocenters. The summed E-state index contributed by atoms with van der Waals surface area (Å²) < 4.78 is 0. The van der Waals surface area contributed by atoms with Gasteiger partial charge in [-0.3, -0.25) is 4.79 Å². The number of aromatic amines is 1. The molecule has 26 heavy (non-hydrogen) atoms. The molecule has 3 rings (SSSR count). The number of imidazole rings is 1. The molecule has 2 aromatic rings. The number of H-pyrrole nitrogens is 1. The van der Waals surface area contributed by atoms with Crippen LogP contribution < -0.4 is 5.32 Å². The number of aromatic nitrogens is 2. The number of thioether (sulfide) groups is 1. The van der Waals surface area contributed by atoms with Crippen LogP contribution in [-0.4, -0.2) is 27.7 Å². The van der Waals surface area contributed by atoms with Crippen LogP contribution in [-0.2, 0) is 11.2 Å². The van der Waals surface area contributed by atoms with Crippen molar-refractivity contribution in [3.8, 4) is 0 Å². The van der Waals surface area contributed by atoms with Crippen LogP contribution in [0.5, 0.6) is 0 Å². The van der Waals surface area contributed by atoms with Crippen molar-refractivity contribution >= 4 is 17.7 Å². The maximum Gasteiger partial charge on any atom is 0.230 e. The molecule has 0 spiro atoms. The summed E-state index contributed by atoms with van der Waals surface area (Å²) in [6, 6.07) is 10.7. The minimum Gasteiger partial charge on any atom is -0.352 e. The van der Waals surface area contributed by atoms with Crippen molar-refractivity contribution in [3.63, 3.8) is 0 Å². The lowest BCUT2D eigenvalue weighted by molar-refractivity contribution is -0.120. The highest BCUT2D eigenvalue weighted by Crippen LogP contribution is 2.29. The summed E-state index contributed by atoms with van der Waals surface area (Å²) in [4.78, 5) is 20.3. The fraction of sp³-hybridized carbons (Fsp3) is 0.524. The molecule has 0 bridgehead atoms. The van der Waals surface area contributed by atoms with Crippen LogP contribution in [0.3, 0.4) is 0 Å². The zero-order valence-corrected chi connectivity index (χ0v) is 16.7. The van der Waals surface area contributed by atoms with E-state index in [2.05, 4.69) is 41.3 Å². The van der Waals surface area contributed by atoms with Gasteiger partial charge in [0.15, 0.2) is 5.16 Å². The lowest BCUT2D eigenvalue weighted by Gasteiger charge is -2.34. The monoisotopic (exact) mass is 371 g/mol. The van der Waals surface area contributed by atoms with Crippen LogP contribution >= 0.6 is 11.8 Å². The van der Waals surface area contributed by atoms with Crippen molar-refractivity contribution in [2.24, 2.45) is 11.8 Å². The molecule has 1 saturated carbocycles. The number of hydrogen-bond donors (Lipinski definition) is 2. The molecule has 1 aliphatic carbocycles. The molecule has 0 saturated heterocycles. The number of carbonyl (C=O) groups is 1. The Morgan fingerprint density at radius 2 is 2.04 bits per heavy atom. The van der Waals surface area contributed by atoms with Gasteiger partial charge < -0.3 is 10.3 Å². The molecule has 3 unspecified atom stereocenters. The van der Waals surface area contributed by atoms with Gasteiger partial charge in [-0.15, -0.1) is 0 Å². The first-order valence-electron chi connectivity index (χ1n) is 9.54. The van der Waals surface area contributed by atoms with Crippen molar-refractivity contribution in [2.75, 3.05) is 5.75 Å². The van der Waals surface area contributed by atoms with Crippen molar-refractivity contribution in [1.29, 1.82) is 0 Å². The van der Waals surface area contributed by atoms with Gasteiger partial charge in [0.2, 0.25) is 5.91 Å². The topological polar surface area (TPSA) is 57.8 Å². The van der Waals surface area contributed by atoms with Crippen molar-refractivity contribution in [2.45, 2.75) is 57.7 Å². The van der Waals surface area contributed by atoms with E-state index in [1.165, 1.54) is 30.2 Å². The summed E-state index contributed by atoms with van der Waals surface area (Å²) in [5, 5.41) is 4.06. The number of benzene rings is 1. The van der Waals surface area contributed by atoms with E-state index in [1.54, 1.807) is 0 Å². The summed E-state index contributed by atoms with van der Waals surface area (Å²) in [5.41, 5.74) is 3.37. The molecule has 1 amide bonds. The third-order valence-corrected chi connectivity index (χ3v) is 6.44. The standard InChI is InChI=1S/C21H29N3OS/c1-14-8-7-11-18(15(14)2)23-20(25)13-26-21-22-16(3)19(24-21)12-17-9-5-4-6-10-17/h4-6,9-10,14-15,18H,7-8,11-13H2,1-3H3,(H,22,24)(H,23,25). The predicted molar refractivity (Wildman–Crippen MR) is 107 cm³/mol. The van der Waals surface area contributed by atoms with Crippen LogP contribution in [0.1, 0.15) is 50.1 Å². The van der Waals surface area contributed by atoms with E-state index in [1.807, 2.05) is 25.1 Å². The second-order valence-electron chi connectivity index (χ2n) is 7.51. The quantitative estimate of drug-likeness (QED) is 0.743. The number of aryl methyl sites for hydroxylation is 1. The molecule has 5 heteroatoms.